The van der Waals surface area contributed by atoms with Gasteiger partial charge in [-0.3, -0.25) is 4.79 Å². The second-order valence-corrected chi connectivity index (χ2v) is 6.00. The monoisotopic (exact) mass is 323 g/mol. The Morgan fingerprint density at radius 2 is 2.09 bits per heavy atom. The second-order valence-electron chi connectivity index (χ2n) is 6.00. The van der Waals surface area contributed by atoms with E-state index in [1.807, 2.05) is 6.92 Å². The van der Waals surface area contributed by atoms with Gasteiger partial charge in [-0.15, -0.1) is 10.2 Å². The molecule has 1 amide bonds. The Balaban J connectivity index is 2.20. The van der Waals surface area contributed by atoms with Crippen LogP contribution in [0.25, 0.3) is 0 Å². The van der Waals surface area contributed by atoms with Gasteiger partial charge in [0.25, 0.3) is 5.91 Å². The van der Waals surface area contributed by atoms with E-state index in [9.17, 15) is 14.7 Å². The Bertz CT molecular complexity index is 602. The van der Waals surface area contributed by atoms with E-state index < -0.39 is 22.8 Å². The van der Waals surface area contributed by atoms with Gasteiger partial charge in [-0.2, -0.15) is 0 Å². The molecule has 1 aromatic heterocycles. The predicted molar refractivity (Wildman–Crippen MR) is 80.2 cm³/mol. The van der Waals surface area contributed by atoms with Crippen LogP contribution in [0.1, 0.15) is 37.7 Å². The van der Waals surface area contributed by atoms with E-state index in [-0.39, 0.29) is 24.1 Å². The standard InChI is InChI=1S/C15H21N3O5/c1-5-23-10-8-15(13(20)21,14(10,2)3)16-12(19)9-6-7-11(22-4)18-17-9/h6-7,10H,5,8H2,1-4H3,(H,16,19)(H,20,21). The Labute approximate surface area is 134 Å². The highest BCUT2D eigenvalue weighted by atomic mass is 16.5. The molecule has 1 heterocycles. The van der Waals surface area contributed by atoms with Crippen LogP contribution in [0.15, 0.2) is 12.1 Å². The third-order valence-corrected chi connectivity index (χ3v) is 4.54. The number of carbonyl (C=O) groups is 2. The van der Waals surface area contributed by atoms with Crippen molar-refractivity contribution in [2.75, 3.05) is 13.7 Å². The number of nitrogens with zero attached hydrogens (tertiary/aromatic N) is 2. The van der Waals surface area contributed by atoms with Gasteiger partial charge in [0.2, 0.25) is 5.88 Å². The maximum Gasteiger partial charge on any atom is 0.330 e. The van der Waals surface area contributed by atoms with Crippen LogP contribution in [0.5, 0.6) is 5.88 Å². The number of hydrogen-bond acceptors (Lipinski definition) is 6. The molecule has 2 rings (SSSR count). The van der Waals surface area contributed by atoms with Crippen molar-refractivity contribution in [3.8, 4) is 5.88 Å². The molecule has 0 aliphatic heterocycles. The fourth-order valence-electron chi connectivity index (χ4n) is 2.84. The van der Waals surface area contributed by atoms with E-state index in [1.54, 1.807) is 13.8 Å². The smallest absolute Gasteiger partial charge is 0.330 e. The van der Waals surface area contributed by atoms with Gasteiger partial charge in [0.05, 0.1) is 13.2 Å². The summed E-state index contributed by atoms with van der Waals surface area (Å²) in [4.78, 5) is 24.2. The normalized spacial score (nSPS) is 25.3. The number of rotatable bonds is 6. The summed E-state index contributed by atoms with van der Waals surface area (Å²) < 4.78 is 10.4. The van der Waals surface area contributed by atoms with Crippen molar-refractivity contribution in [1.82, 2.24) is 15.5 Å². The molecular weight excluding hydrogens is 302 g/mol. The molecule has 8 nitrogen and oxygen atoms in total. The maximum atomic E-state index is 12.4. The van der Waals surface area contributed by atoms with Crippen LogP contribution in [0.3, 0.4) is 0 Å². The number of amides is 1. The number of aromatic nitrogens is 2. The first-order chi connectivity index (χ1) is 10.8. The summed E-state index contributed by atoms with van der Waals surface area (Å²) in [6.07, 6.45) is -0.0239. The number of nitrogens with one attached hydrogen (secondary N) is 1. The van der Waals surface area contributed by atoms with E-state index in [0.717, 1.165) is 0 Å². The van der Waals surface area contributed by atoms with Gasteiger partial charge in [-0.25, -0.2) is 4.79 Å². The van der Waals surface area contributed by atoms with Gasteiger partial charge in [-0.05, 0) is 13.0 Å². The van der Waals surface area contributed by atoms with Crippen LogP contribution in [0.2, 0.25) is 0 Å². The lowest BCUT2D eigenvalue weighted by Crippen LogP contribution is -2.76. The molecule has 8 heteroatoms. The van der Waals surface area contributed by atoms with E-state index >= 15 is 0 Å². The summed E-state index contributed by atoms with van der Waals surface area (Å²) >= 11 is 0. The summed E-state index contributed by atoms with van der Waals surface area (Å²) in [7, 11) is 1.44. The van der Waals surface area contributed by atoms with Crippen LogP contribution in [0, 0.1) is 5.41 Å². The predicted octanol–water partition coefficient (Wildman–Crippen LogP) is 0.873. The van der Waals surface area contributed by atoms with Crippen LogP contribution < -0.4 is 10.1 Å². The van der Waals surface area contributed by atoms with Crippen LogP contribution in [0.4, 0.5) is 0 Å². The van der Waals surface area contributed by atoms with E-state index in [4.69, 9.17) is 9.47 Å². The molecule has 2 unspecified atom stereocenters. The minimum Gasteiger partial charge on any atom is -0.480 e. The molecule has 1 aromatic rings. The molecule has 1 saturated carbocycles. The van der Waals surface area contributed by atoms with Crippen molar-refractivity contribution in [2.24, 2.45) is 5.41 Å². The SMILES string of the molecule is CCOC1CC(NC(=O)c2ccc(OC)nn2)(C(=O)O)C1(C)C. The molecule has 1 aliphatic rings. The highest BCUT2D eigenvalue weighted by Gasteiger charge is 2.66. The van der Waals surface area contributed by atoms with Crippen molar-refractivity contribution in [1.29, 1.82) is 0 Å². The number of hydrogen-bond donors (Lipinski definition) is 2. The zero-order chi connectivity index (χ0) is 17.3. The molecule has 23 heavy (non-hydrogen) atoms. The average molecular weight is 323 g/mol. The summed E-state index contributed by atoms with van der Waals surface area (Å²) in [5, 5.41) is 19.7. The molecule has 1 aliphatic carbocycles. The average Bonchev–Trinajstić information content (AvgIpc) is 2.53. The first-order valence-electron chi connectivity index (χ1n) is 7.33. The highest BCUT2D eigenvalue weighted by molar-refractivity contribution is 5.97. The topological polar surface area (TPSA) is 111 Å². The third kappa shape index (κ3) is 2.74. The third-order valence-electron chi connectivity index (χ3n) is 4.54. The van der Waals surface area contributed by atoms with Gasteiger partial charge in [-0.1, -0.05) is 13.8 Å². The van der Waals surface area contributed by atoms with Crippen molar-refractivity contribution < 1.29 is 24.2 Å². The lowest BCUT2D eigenvalue weighted by Gasteiger charge is -2.58. The maximum absolute atomic E-state index is 12.4. The first-order valence-corrected chi connectivity index (χ1v) is 7.33. The van der Waals surface area contributed by atoms with Crippen LogP contribution in [-0.4, -0.2) is 52.5 Å². The summed E-state index contributed by atoms with van der Waals surface area (Å²) in [5.41, 5.74) is -2.11. The molecule has 0 radical (unpaired) electrons. The Kier molecular flexibility index (Phi) is 4.56. The zero-order valence-corrected chi connectivity index (χ0v) is 13.6. The number of carboxylic acid groups (broad SMARTS) is 1. The summed E-state index contributed by atoms with van der Waals surface area (Å²) in [6, 6.07) is 2.92. The lowest BCUT2D eigenvalue weighted by molar-refractivity contribution is -0.190. The molecule has 1 fully saturated rings. The molecule has 2 atom stereocenters. The Morgan fingerprint density at radius 1 is 1.39 bits per heavy atom. The van der Waals surface area contributed by atoms with Crippen molar-refractivity contribution in [2.45, 2.75) is 38.8 Å². The van der Waals surface area contributed by atoms with Crippen molar-refractivity contribution in [3.63, 3.8) is 0 Å². The van der Waals surface area contributed by atoms with Crippen molar-refractivity contribution in [3.05, 3.63) is 17.8 Å². The molecule has 126 valence electrons. The van der Waals surface area contributed by atoms with Crippen molar-refractivity contribution >= 4 is 11.9 Å². The quantitative estimate of drug-likeness (QED) is 0.799. The molecule has 0 saturated heterocycles. The molecular formula is C15H21N3O5. The minimum absolute atomic E-state index is 0.0297. The summed E-state index contributed by atoms with van der Waals surface area (Å²) in [5.74, 6) is -1.41. The Morgan fingerprint density at radius 3 is 2.52 bits per heavy atom. The second kappa shape index (κ2) is 6.11. The van der Waals surface area contributed by atoms with Gasteiger partial charge in [0, 0.05) is 24.5 Å². The molecule has 0 aromatic carbocycles. The van der Waals surface area contributed by atoms with Gasteiger partial charge < -0.3 is 19.9 Å². The van der Waals surface area contributed by atoms with E-state index in [1.165, 1.54) is 19.2 Å². The van der Waals surface area contributed by atoms with E-state index in [0.29, 0.717) is 6.61 Å². The molecule has 2 N–H and O–H groups in total. The van der Waals surface area contributed by atoms with Gasteiger partial charge >= 0.3 is 5.97 Å². The number of carbonyl (C=O) groups excluding carboxylic acids is 1. The summed E-state index contributed by atoms with van der Waals surface area (Å²) in [6.45, 7) is 5.87. The number of aliphatic carboxylic acids is 1. The van der Waals surface area contributed by atoms with Gasteiger partial charge in [0.1, 0.15) is 5.54 Å². The fraction of sp³-hybridized carbons (Fsp3) is 0.600. The highest BCUT2D eigenvalue weighted by Crippen LogP contribution is 2.51. The van der Waals surface area contributed by atoms with Crippen LogP contribution in [-0.2, 0) is 9.53 Å². The zero-order valence-electron chi connectivity index (χ0n) is 13.6. The lowest BCUT2D eigenvalue weighted by atomic mass is 9.54. The number of ether oxygens (including phenoxy) is 2. The van der Waals surface area contributed by atoms with Gasteiger partial charge in [0.15, 0.2) is 5.69 Å². The Hall–Kier alpha value is -2.22. The first kappa shape index (κ1) is 17.1. The minimum atomic E-state index is -1.40. The molecule has 0 spiro atoms. The van der Waals surface area contributed by atoms with E-state index in [2.05, 4.69) is 15.5 Å². The number of methoxy groups -OCH3 is 1. The largest absolute Gasteiger partial charge is 0.480 e. The fourth-order valence-corrected chi connectivity index (χ4v) is 2.84. The van der Waals surface area contributed by atoms with Crippen LogP contribution >= 0.6 is 0 Å². The molecule has 0 bridgehead atoms. The number of carboxylic acids is 1.